The maximum atomic E-state index is 12.5. The number of aliphatic carboxylic acids is 1. The van der Waals surface area contributed by atoms with E-state index in [0.29, 0.717) is 19.4 Å². The first-order valence-corrected chi connectivity index (χ1v) is 7.81. The van der Waals surface area contributed by atoms with Crippen LogP contribution in [0.4, 0.5) is 0 Å². The fraction of sp³-hybridized carbons (Fsp3) is 0.867. The summed E-state index contributed by atoms with van der Waals surface area (Å²) in [5, 5.41) is 12.1. The number of hydrogen-bond donors (Lipinski definition) is 3. The number of carbonyl (C=O) groups is 2. The molecule has 0 aliphatic heterocycles. The van der Waals surface area contributed by atoms with Crippen LogP contribution in [-0.2, 0) is 9.59 Å². The Balaban J connectivity index is 1.86. The molecule has 4 N–H and O–H groups in total. The van der Waals surface area contributed by atoms with Gasteiger partial charge in [-0.2, -0.15) is 0 Å². The normalized spacial score (nSPS) is 29.6. The van der Waals surface area contributed by atoms with Crippen LogP contribution in [0.15, 0.2) is 0 Å². The van der Waals surface area contributed by atoms with Crippen LogP contribution in [0.3, 0.4) is 0 Å². The van der Waals surface area contributed by atoms with E-state index in [1.807, 2.05) is 0 Å². The van der Waals surface area contributed by atoms with E-state index in [0.717, 1.165) is 38.5 Å². The van der Waals surface area contributed by atoms with Gasteiger partial charge in [0.15, 0.2) is 0 Å². The molecule has 0 bridgehead atoms. The Hall–Kier alpha value is -1.10. The molecule has 1 amide bonds. The van der Waals surface area contributed by atoms with Crippen molar-refractivity contribution in [2.24, 2.45) is 17.1 Å². The second-order valence-corrected chi connectivity index (χ2v) is 6.41. The molecule has 2 fully saturated rings. The van der Waals surface area contributed by atoms with Crippen LogP contribution in [0.5, 0.6) is 0 Å². The largest absolute Gasteiger partial charge is 0.481 e. The molecular formula is C15H26N2O3. The van der Waals surface area contributed by atoms with Crippen LogP contribution < -0.4 is 11.1 Å². The number of nitrogens with two attached hydrogens (primary N) is 1. The summed E-state index contributed by atoms with van der Waals surface area (Å²) in [5.41, 5.74) is 5.49. The van der Waals surface area contributed by atoms with Gasteiger partial charge in [0.25, 0.3) is 0 Å². The van der Waals surface area contributed by atoms with Gasteiger partial charge >= 0.3 is 5.97 Å². The van der Waals surface area contributed by atoms with Gasteiger partial charge in [-0.1, -0.05) is 19.3 Å². The maximum Gasteiger partial charge on any atom is 0.306 e. The predicted octanol–water partition coefficient (Wildman–Crippen LogP) is 1.66. The van der Waals surface area contributed by atoms with Gasteiger partial charge in [0.05, 0.1) is 11.3 Å². The first kappa shape index (κ1) is 15.3. The van der Waals surface area contributed by atoms with Crippen LogP contribution in [-0.4, -0.2) is 29.6 Å². The molecule has 0 aromatic carbocycles. The Bertz CT molecular complexity index is 356. The number of amides is 1. The molecule has 20 heavy (non-hydrogen) atoms. The highest BCUT2D eigenvalue weighted by molar-refractivity contribution is 5.83. The van der Waals surface area contributed by atoms with Gasteiger partial charge in [-0.25, -0.2) is 0 Å². The van der Waals surface area contributed by atoms with Gasteiger partial charge in [-0.05, 0) is 38.5 Å². The zero-order valence-electron chi connectivity index (χ0n) is 12.1. The summed E-state index contributed by atoms with van der Waals surface area (Å²) in [7, 11) is 0. The van der Waals surface area contributed by atoms with E-state index in [-0.39, 0.29) is 23.3 Å². The third kappa shape index (κ3) is 3.32. The van der Waals surface area contributed by atoms with E-state index in [1.165, 1.54) is 6.42 Å². The van der Waals surface area contributed by atoms with Crippen molar-refractivity contribution in [3.8, 4) is 0 Å². The van der Waals surface area contributed by atoms with Crippen LogP contribution in [0.1, 0.15) is 57.8 Å². The summed E-state index contributed by atoms with van der Waals surface area (Å²) in [6.07, 6.45) is 7.99. The van der Waals surface area contributed by atoms with Gasteiger partial charge in [0.2, 0.25) is 5.91 Å². The first-order chi connectivity index (χ1) is 9.57. The van der Waals surface area contributed by atoms with E-state index in [9.17, 15) is 9.59 Å². The lowest BCUT2D eigenvalue weighted by atomic mass is 9.73. The molecule has 0 spiro atoms. The highest BCUT2D eigenvalue weighted by Gasteiger charge is 2.39. The highest BCUT2D eigenvalue weighted by Crippen LogP contribution is 2.36. The number of hydrogen-bond acceptors (Lipinski definition) is 3. The van der Waals surface area contributed by atoms with Crippen LogP contribution in [0.25, 0.3) is 0 Å². The lowest BCUT2D eigenvalue weighted by Crippen LogP contribution is -2.51. The van der Waals surface area contributed by atoms with Gasteiger partial charge < -0.3 is 16.2 Å². The molecule has 0 saturated heterocycles. The molecule has 5 heteroatoms. The fourth-order valence-electron chi connectivity index (χ4n) is 3.58. The topological polar surface area (TPSA) is 92.4 Å². The van der Waals surface area contributed by atoms with E-state index in [1.54, 1.807) is 0 Å². The first-order valence-electron chi connectivity index (χ1n) is 7.81. The number of nitrogens with one attached hydrogen (secondary N) is 1. The van der Waals surface area contributed by atoms with Crippen molar-refractivity contribution in [3.63, 3.8) is 0 Å². The van der Waals surface area contributed by atoms with Crippen LogP contribution >= 0.6 is 0 Å². The smallest absolute Gasteiger partial charge is 0.306 e. The van der Waals surface area contributed by atoms with E-state index in [2.05, 4.69) is 5.32 Å². The third-order valence-corrected chi connectivity index (χ3v) is 5.09. The molecule has 0 unspecified atom stereocenters. The number of carboxylic acid groups (broad SMARTS) is 1. The molecule has 0 aromatic rings. The van der Waals surface area contributed by atoms with E-state index in [4.69, 9.17) is 10.8 Å². The third-order valence-electron chi connectivity index (χ3n) is 5.09. The van der Waals surface area contributed by atoms with Gasteiger partial charge in [0, 0.05) is 12.6 Å². The quantitative estimate of drug-likeness (QED) is 0.731. The second kappa shape index (κ2) is 6.57. The molecule has 2 rings (SSSR count). The zero-order chi connectivity index (χ0) is 14.6. The monoisotopic (exact) mass is 282 g/mol. The Kier molecular flexibility index (Phi) is 5.02. The van der Waals surface area contributed by atoms with E-state index < -0.39 is 5.97 Å². The summed E-state index contributed by atoms with van der Waals surface area (Å²) in [6.45, 7) is 0.420. The van der Waals surface area contributed by atoms with Gasteiger partial charge in [-0.3, -0.25) is 9.59 Å². The summed E-state index contributed by atoms with van der Waals surface area (Å²) >= 11 is 0. The highest BCUT2D eigenvalue weighted by atomic mass is 16.4. The van der Waals surface area contributed by atoms with Gasteiger partial charge in [0.1, 0.15) is 0 Å². The van der Waals surface area contributed by atoms with Crippen molar-refractivity contribution in [2.75, 3.05) is 6.54 Å². The molecular weight excluding hydrogens is 256 g/mol. The number of carboxylic acids is 1. The zero-order valence-corrected chi connectivity index (χ0v) is 12.1. The SMILES string of the molecule is NCC1(C(=O)NC2CCC(C(=O)O)CC2)CCCCC1. The molecule has 0 aromatic heterocycles. The Morgan fingerprint density at radius 3 is 2.20 bits per heavy atom. The minimum Gasteiger partial charge on any atom is -0.481 e. The maximum absolute atomic E-state index is 12.5. The summed E-state index contributed by atoms with van der Waals surface area (Å²) < 4.78 is 0. The molecule has 2 aliphatic rings. The summed E-state index contributed by atoms with van der Waals surface area (Å²) in [4.78, 5) is 23.5. The van der Waals surface area contributed by atoms with Crippen LogP contribution in [0, 0.1) is 11.3 Å². The Morgan fingerprint density at radius 1 is 1.10 bits per heavy atom. The molecule has 2 saturated carbocycles. The van der Waals surface area contributed by atoms with Crippen molar-refractivity contribution in [1.82, 2.24) is 5.32 Å². The average Bonchev–Trinajstić information content (AvgIpc) is 2.48. The minimum absolute atomic E-state index is 0.0958. The van der Waals surface area contributed by atoms with Gasteiger partial charge in [-0.15, -0.1) is 0 Å². The van der Waals surface area contributed by atoms with E-state index >= 15 is 0 Å². The molecule has 114 valence electrons. The van der Waals surface area contributed by atoms with Crippen molar-refractivity contribution in [2.45, 2.75) is 63.8 Å². The van der Waals surface area contributed by atoms with Crippen molar-refractivity contribution < 1.29 is 14.7 Å². The Morgan fingerprint density at radius 2 is 1.70 bits per heavy atom. The standard InChI is InChI=1S/C15H26N2O3/c16-10-15(8-2-1-3-9-15)14(20)17-12-6-4-11(5-7-12)13(18)19/h11-12H,1-10,16H2,(H,17,20)(H,18,19). The molecule has 0 heterocycles. The van der Waals surface area contributed by atoms with Crippen molar-refractivity contribution >= 4 is 11.9 Å². The summed E-state index contributed by atoms with van der Waals surface area (Å²) in [6, 6.07) is 0.128. The fourth-order valence-corrected chi connectivity index (χ4v) is 3.58. The predicted molar refractivity (Wildman–Crippen MR) is 76.1 cm³/mol. The van der Waals surface area contributed by atoms with Crippen molar-refractivity contribution in [3.05, 3.63) is 0 Å². The average molecular weight is 282 g/mol. The number of rotatable bonds is 4. The summed E-state index contributed by atoms with van der Waals surface area (Å²) in [5.74, 6) is -0.847. The molecule has 2 aliphatic carbocycles. The van der Waals surface area contributed by atoms with Crippen LogP contribution in [0.2, 0.25) is 0 Å². The molecule has 0 radical (unpaired) electrons. The lowest BCUT2D eigenvalue weighted by molar-refractivity contribution is -0.143. The molecule has 0 atom stereocenters. The minimum atomic E-state index is -0.708. The number of carbonyl (C=O) groups excluding carboxylic acids is 1. The Labute approximate surface area is 120 Å². The second-order valence-electron chi connectivity index (χ2n) is 6.41. The molecule has 5 nitrogen and oxygen atoms in total. The van der Waals surface area contributed by atoms with Crippen molar-refractivity contribution in [1.29, 1.82) is 0 Å². The lowest BCUT2D eigenvalue weighted by Gasteiger charge is -2.37.